The Balaban J connectivity index is 2.37. The number of nitro groups is 1. The van der Waals surface area contributed by atoms with E-state index in [0.29, 0.717) is 0 Å². The molecule has 1 aromatic carbocycles. The normalized spacial score (nSPS) is 17.5. The van der Waals surface area contributed by atoms with Gasteiger partial charge in [-0.3, -0.25) is 0 Å². The van der Waals surface area contributed by atoms with Gasteiger partial charge in [0, 0.05) is 4.91 Å². The average molecular weight is 266 g/mol. The second-order valence-electron chi connectivity index (χ2n) is 3.08. The van der Waals surface area contributed by atoms with Crippen LogP contribution in [0.4, 0.5) is 0 Å². The van der Waals surface area contributed by atoms with Crippen molar-refractivity contribution in [2.24, 2.45) is 5.18 Å². The third kappa shape index (κ3) is 2.56. The van der Waals surface area contributed by atoms with E-state index >= 15 is 0 Å². The van der Waals surface area contributed by atoms with E-state index in [2.05, 4.69) is 5.18 Å². The Morgan fingerprint density at radius 2 is 1.94 bits per heavy atom. The minimum atomic E-state index is -0.764. The maximum absolute atomic E-state index is 10.6. The lowest BCUT2D eigenvalue weighted by atomic mass is 10.2. The molecule has 86 valence electrons. The number of hydrogen-bond acceptors (Lipinski definition) is 6. The largest absolute Gasteiger partial charge is 0.429 e. The smallest absolute Gasteiger partial charge is 0.358 e. The molecule has 2 rings (SSSR count). The molecule has 0 aromatic heterocycles. The minimum Gasteiger partial charge on any atom is -0.358 e. The molecule has 0 unspecified atom stereocenters. The van der Waals surface area contributed by atoms with Crippen LogP contribution in [-0.2, 0) is 0 Å². The van der Waals surface area contributed by atoms with Gasteiger partial charge in [-0.25, -0.2) is 0 Å². The van der Waals surface area contributed by atoms with Crippen molar-refractivity contribution < 1.29 is 4.92 Å². The zero-order valence-electron chi connectivity index (χ0n) is 8.40. The molecule has 17 heavy (non-hydrogen) atoms. The van der Waals surface area contributed by atoms with E-state index in [4.69, 9.17) is 0 Å². The molecule has 0 saturated carbocycles. The van der Waals surface area contributed by atoms with Crippen LogP contribution in [0.1, 0.15) is 5.56 Å². The van der Waals surface area contributed by atoms with Gasteiger partial charge in [-0.15, -0.1) is 0 Å². The highest BCUT2D eigenvalue weighted by atomic mass is 33.1. The monoisotopic (exact) mass is 266 g/mol. The van der Waals surface area contributed by atoms with Gasteiger partial charge in [0.15, 0.2) is 0 Å². The number of nitroso groups, excluding NO2 is 1. The van der Waals surface area contributed by atoms with Crippen molar-refractivity contribution in [1.82, 2.24) is 0 Å². The number of hydrogen-bond donors (Lipinski definition) is 0. The number of benzene rings is 1. The summed E-state index contributed by atoms with van der Waals surface area (Å²) in [5, 5.41) is 13.0. The minimum absolute atomic E-state index is 0.286. The predicted molar refractivity (Wildman–Crippen MR) is 69.4 cm³/mol. The maximum atomic E-state index is 10.6. The first-order chi connectivity index (χ1) is 8.22. The molecule has 0 atom stereocenters. The molecule has 0 fully saturated rings. The molecule has 5 nitrogen and oxygen atoms in total. The van der Waals surface area contributed by atoms with Crippen molar-refractivity contribution in [2.45, 2.75) is 0 Å². The number of rotatable bonds is 3. The van der Waals surface area contributed by atoms with Crippen LogP contribution in [-0.4, -0.2) is 4.92 Å². The maximum Gasteiger partial charge on any atom is 0.429 e. The Kier molecular flexibility index (Phi) is 3.60. The Bertz CT molecular complexity index is 526. The van der Waals surface area contributed by atoms with E-state index in [-0.39, 0.29) is 4.91 Å². The van der Waals surface area contributed by atoms with Crippen molar-refractivity contribution in [3.05, 3.63) is 67.7 Å². The molecule has 0 bridgehead atoms. The molecule has 1 heterocycles. The zero-order chi connectivity index (χ0) is 12.3. The molecule has 0 N–H and O–H groups in total. The topological polar surface area (TPSA) is 72.6 Å². The number of nitrogens with zero attached hydrogens (tertiary/aromatic N) is 2. The van der Waals surface area contributed by atoms with Crippen molar-refractivity contribution >= 4 is 26.5 Å². The second kappa shape index (κ2) is 5.15. The Hall–Kier alpha value is -1.60. The van der Waals surface area contributed by atoms with Crippen molar-refractivity contribution in [1.29, 1.82) is 0 Å². The highest BCUT2D eigenvalue weighted by molar-refractivity contribution is 8.82. The summed E-state index contributed by atoms with van der Waals surface area (Å²) in [5.74, 6) is -0.631. The van der Waals surface area contributed by atoms with Crippen LogP contribution < -0.4 is 0 Å². The van der Waals surface area contributed by atoms with Gasteiger partial charge in [-0.05, 0) is 32.3 Å². The summed E-state index contributed by atoms with van der Waals surface area (Å²) < 4.78 is 0. The van der Waals surface area contributed by atoms with Gasteiger partial charge in [0.2, 0.25) is 5.18 Å². The molecule has 0 spiro atoms. The van der Waals surface area contributed by atoms with E-state index in [1.807, 2.05) is 30.3 Å². The van der Waals surface area contributed by atoms with Gasteiger partial charge in [0.05, 0.1) is 0 Å². The highest BCUT2D eigenvalue weighted by Gasteiger charge is 2.25. The summed E-state index contributed by atoms with van der Waals surface area (Å²) >= 11 is 0. The SMILES string of the molecule is O=N/C(=C1/C=C(c2ccccc2)SS1)[N+](=O)[O-]. The van der Waals surface area contributed by atoms with Crippen LogP contribution in [0.5, 0.6) is 0 Å². The van der Waals surface area contributed by atoms with Gasteiger partial charge in [-0.1, -0.05) is 41.1 Å². The van der Waals surface area contributed by atoms with E-state index < -0.39 is 10.7 Å². The van der Waals surface area contributed by atoms with Crippen molar-refractivity contribution in [3.63, 3.8) is 0 Å². The quantitative estimate of drug-likeness (QED) is 0.361. The van der Waals surface area contributed by atoms with E-state index in [1.165, 1.54) is 21.6 Å². The Morgan fingerprint density at radius 3 is 2.53 bits per heavy atom. The van der Waals surface area contributed by atoms with Crippen molar-refractivity contribution in [2.75, 3.05) is 0 Å². The zero-order valence-corrected chi connectivity index (χ0v) is 10.0. The summed E-state index contributed by atoms with van der Waals surface area (Å²) in [7, 11) is 2.56. The molecule has 0 saturated heterocycles. The summed E-state index contributed by atoms with van der Waals surface area (Å²) in [6.07, 6.45) is 1.62. The van der Waals surface area contributed by atoms with Crippen molar-refractivity contribution in [3.8, 4) is 0 Å². The van der Waals surface area contributed by atoms with E-state index in [9.17, 15) is 15.0 Å². The average Bonchev–Trinajstić information content (AvgIpc) is 2.80. The Morgan fingerprint density at radius 1 is 1.24 bits per heavy atom. The third-order valence-corrected chi connectivity index (χ3v) is 4.45. The van der Waals surface area contributed by atoms with Crippen LogP contribution in [0.15, 0.2) is 52.3 Å². The Labute approximate surface area is 105 Å². The molecule has 1 aromatic rings. The fraction of sp³-hybridized carbons (Fsp3) is 0. The lowest BCUT2D eigenvalue weighted by Gasteiger charge is -1.97. The van der Waals surface area contributed by atoms with Crippen LogP contribution in [0.3, 0.4) is 0 Å². The molecule has 1 aliphatic heterocycles. The molecular formula is C10H6N2O3S2. The lowest BCUT2D eigenvalue weighted by molar-refractivity contribution is -0.426. The van der Waals surface area contributed by atoms with Crippen LogP contribution in [0, 0.1) is 15.0 Å². The molecule has 7 heteroatoms. The molecule has 1 aliphatic rings. The van der Waals surface area contributed by atoms with Crippen LogP contribution >= 0.6 is 21.6 Å². The molecule has 0 amide bonds. The first kappa shape index (κ1) is 11.9. The van der Waals surface area contributed by atoms with E-state index in [0.717, 1.165) is 10.5 Å². The van der Waals surface area contributed by atoms with E-state index in [1.54, 1.807) is 6.08 Å². The molecular weight excluding hydrogens is 260 g/mol. The van der Waals surface area contributed by atoms with Gasteiger partial charge >= 0.3 is 5.82 Å². The number of allylic oxidation sites excluding steroid dienone is 1. The summed E-state index contributed by atoms with van der Waals surface area (Å²) in [5.41, 5.74) is 0.966. The highest BCUT2D eigenvalue weighted by Crippen LogP contribution is 2.50. The second-order valence-corrected chi connectivity index (χ2v) is 5.29. The van der Waals surface area contributed by atoms with Crippen LogP contribution in [0.25, 0.3) is 4.91 Å². The predicted octanol–water partition coefficient (Wildman–Crippen LogP) is 3.63. The third-order valence-electron chi connectivity index (χ3n) is 2.02. The van der Waals surface area contributed by atoms with Gasteiger partial charge in [0.1, 0.15) is 4.91 Å². The standard InChI is InChI=1S/C10H6N2O3S2/c13-11-10(12(14)15)9-6-8(16-17-9)7-4-2-1-3-5-7/h1-6H/b10-9+. The fourth-order valence-electron chi connectivity index (χ4n) is 1.26. The van der Waals surface area contributed by atoms with Gasteiger partial charge in [0.25, 0.3) is 0 Å². The summed E-state index contributed by atoms with van der Waals surface area (Å²) in [6.45, 7) is 0. The summed E-state index contributed by atoms with van der Waals surface area (Å²) in [6, 6.07) is 9.47. The molecule has 0 radical (unpaired) electrons. The lowest BCUT2D eigenvalue weighted by Crippen LogP contribution is -1.96. The van der Waals surface area contributed by atoms with Gasteiger partial charge in [-0.2, -0.15) is 0 Å². The first-order valence-electron chi connectivity index (χ1n) is 4.56. The first-order valence-corrected chi connectivity index (χ1v) is 6.71. The van der Waals surface area contributed by atoms with Gasteiger partial charge < -0.3 is 10.1 Å². The fourth-order valence-corrected chi connectivity index (χ4v) is 3.61. The summed E-state index contributed by atoms with van der Waals surface area (Å²) in [4.78, 5) is 21.3. The van der Waals surface area contributed by atoms with Crippen LogP contribution in [0.2, 0.25) is 0 Å². The molecule has 0 aliphatic carbocycles.